The largest absolute Gasteiger partial charge is 1.00 e. The minimum absolute atomic E-state index is 0. The first-order valence-corrected chi connectivity index (χ1v) is 11.6. The number of pyridine rings is 1. The Kier molecular flexibility index (Phi) is 7.91. The summed E-state index contributed by atoms with van der Waals surface area (Å²) in [7, 11) is 0. The van der Waals surface area contributed by atoms with Crippen molar-refractivity contribution >= 4 is 39.3 Å². The Morgan fingerprint density at radius 1 is 0.921 bits per heavy atom. The number of ketones is 1. The van der Waals surface area contributed by atoms with Crippen LogP contribution in [0.3, 0.4) is 0 Å². The van der Waals surface area contributed by atoms with E-state index in [-0.39, 0.29) is 47.2 Å². The SMILES string of the molecule is O=C(CCn1c[n+](CC(=O)c2ccc(C(F)(F)F)cc2)c2ccccc21)Nc1cccc2cccnc12.[Br-]. The van der Waals surface area contributed by atoms with Gasteiger partial charge in [0.1, 0.15) is 0 Å². The molecule has 3 aromatic carbocycles. The highest BCUT2D eigenvalue weighted by Crippen LogP contribution is 2.29. The van der Waals surface area contributed by atoms with Crippen LogP contribution >= 0.6 is 0 Å². The number of carbonyl (C=O) groups is 2. The number of aryl methyl sites for hydroxylation is 1. The number of halogens is 4. The third kappa shape index (κ3) is 5.75. The standard InChI is InChI=1S/C28H21F3N4O2.BrH/c29-28(30,31)21-12-10-19(11-13-21)25(36)17-35-18-34(23-8-1-2-9-24(23)35)16-14-26(37)33-22-7-3-5-20-6-4-15-32-27(20)22;/h1-13,15,18H,14,16-17H2;1H. The molecule has 1 amide bonds. The molecule has 194 valence electrons. The van der Waals surface area contributed by atoms with Crippen LogP contribution in [0.25, 0.3) is 21.9 Å². The molecular formula is C28H22BrF3N4O2. The number of aromatic nitrogens is 3. The summed E-state index contributed by atoms with van der Waals surface area (Å²) in [6, 6.07) is 21.0. The third-order valence-corrected chi connectivity index (χ3v) is 6.11. The fraction of sp³-hybridized carbons (Fsp3) is 0.143. The van der Waals surface area contributed by atoms with Gasteiger partial charge < -0.3 is 22.3 Å². The molecule has 2 heterocycles. The maximum Gasteiger partial charge on any atom is 0.416 e. The highest BCUT2D eigenvalue weighted by molar-refractivity contribution is 6.00. The van der Waals surface area contributed by atoms with Gasteiger partial charge in [0.25, 0.3) is 0 Å². The van der Waals surface area contributed by atoms with Crippen molar-refractivity contribution in [3.63, 3.8) is 0 Å². The monoisotopic (exact) mass is 582 g/mol. The molecule has 5 aromatic rings. The first kappa shape index (κ1) is 27.0. The summed E-state index contributed by atoms with van der Waals surface area (Å²) in [4.78, 5) is 29.9. The number of alkyl halides is 3. The molecule has 6 nitrogen and oxygen atoms in total. The predicted octanol–water partition coefficient (Wildman–Crippen LogP) is 2.41. The molecule has 0 radical (unpaired) electrons. The van der Waals surface area contributed by atoms with Crippen molar-refractivity contribution in [2.24, 2.45) is 0 Å². The van der Waals surface area contributed by atoms with Crippen LogP contribution in [-0.2, 0) is 24.1 Å². The van der Waals surface area contributed by atoms with E-state index in [2.05, 4.69) is 10.3 Å². The number of anilines is 1. The third-order valence-electron chi connectivity index (χ3n) is 6.11. The number of hydrogen-bond donors (Lipinski definition) is 1. The van der Waals surface area contributed by atoms with Gasteiger partial charge in [-0.15, -0.1) is 0 Å². The fourth-order valence-corrected chi connectivity index (χ4v) is 4.28. The van der Waals surface area contributed by atoms with E-state index in [0.717, 1.165) is 28.6 Å². The number of para-hydroxylation sites is 3. The second-order valence-electron chi connectivity index (χ2n) is 8.60. The number of hydrogen-bond acceptors (Lipinski definition) is 3. The van der Waals surface area contributed by atoms with Gasteiger partial charge >= 0.3 is 6.18 Å². The van der Waals surface area contributed by atoms with Crippen LogP contribution in [0.1, 0.15) is 22.3 Å². The van der Waals surface area contributed by atoms with Gasteiger partial charge in [-0.2, -0.15) is 13.2 Å². The summed E-state index contributed by atoms with van der Waals surface area (Å²) in [6.07, 6.45) is -0.844. The highest BCUT2D eigenvalue weighted by atomic mass is 79.9. The molecule has 0 aliphatic rings. The van der Waals surface area contributed by atoms with E-state index < -0.39 is 11.7 Å². The fourth-order valence-electron chi connectivity index (χ4n) is 4.28. The molecule has 0 aliphatic heterocycles. The molecule has 0 saturated heterocycles. The number of amides is 1. The van der Waals surface area contributed by atoms with Crippen LogP contribution in [0.4, 0.5) is 18.9 Å². The quantitative estimate of drug-likeness (QED) is 0.237. The van der Waals surface area contributed by atoms with Crippen LogP contribution in [-0.4, -0.2) is 21.2 Å². The van der Waals surface area contributed by atoms with E-state index in [9.17, 15) is 22.8 Å². The predicted molar refractivity (Wildman–Crippen MR) is 133 cm³/mol. The molecule has 2 aromatic heterocycles. The maximum atomic E-state index is 12.8. The lowest BCUT2D eigenvalue weighted by atomic mass is 10.1. The molecule has 0 fully saturated rings. The van der Waals surface area contributed by atoms with E-state index in [1.807, 2.05) is 53.1 Å². The first-order valence-electron chi connectivity index (χ1n) is 11.6. The molecule has 10 heteroatoms. The Labute approximate surface area is 226 Å². The van der Waals surface area contributed by atoms with Gasteiger partial charge in [-0.1, -0.05) is 42.5 Å². The van der Waals surface area contributed by atoms with Gasteiger partial charge in [-0.25, -0.2) is 9.13 Å². The second kappa shape index (κ2) is 11.1. The van der Waals surface area contributed by atoms with Crippen LogP contribution in [0, 0.1) is 0 Å². The maximum absolute atomic E-state index is 12.8. The van der Waals surface area contributed by atoms with Crippen LogP contribution in [0.2, 0.25) is 0 Å². The van der Waals surface area contributed by atoms with E-state index >= 15 is 0 Å². The summed E-state index contributed by atoms with van der Waals surface area (Å²) in [6.45, 7) is 0.318. The van der Waals surface area contributed by atoms with Crippen molar-refractivity contribution in [2.75, 3.05) is 5.32 Å². The number of benzene rings is 3. The summed E-state index contributed by atoms with van der Waals surface area (Å²) in [5.41, 5.74) is 2.36. The van der Waals surface area contributed by atoms with Crippen molar-refractivity contribution in [1.82, 2.24) is 9.55 Å². The minimum atomic E-state index is -4.46. The van der Waals surface area contributed by atoms with Crippen LogP contribution in [0.5, 0.6) is 0 Å². The molecule has 38 heavy (non-hydrogen) atoms. The van der Waals surface area contributed by atoms with Gasteiger partial charge in [0.05, 0.1) is 29.7 Å². The molecule has 0 aliphatic carbocycles. The average Bonchev–Trinajstić information content (AvgIpc) is 3.24. The normalized spacial score (nSPS) is 11.3. The zero-order valence-electron chi connectivity index (χ0n) is 20.0. The van der Waals surface area contributed by atoms with Gasteiger partial charge in [-0.05, 0) is 36.4 Å². The second-order valence-corrected chi connectivity index (χ2v) is 8.60. The summed E-state index contributed by atoms with van der Waals surface area (Å²) in [5.74, 6) is -0.494. The molecule has 1 N–H and O–H groups in total. The zero-order chi connectivity index (χ0) is 26.0. The van der Waals surface area contributed by atoms with Gasteiger partial charge in [0, 0.05) is 17.1 Å². The Morgan fingerprint density at radius 2 is 1.66 bits per heavy atom. The minimum Gasteiger partial charge on any atom is -1.00 e. The molecule has 0 unspecified atom stereocenters. The summed E-state index contributed by atoms with van der Waals surface area (Å²) < 4.78 is 42.1. The number of fused-ring (bicyclic) bond motifs is 2. The van der Waals surface area contributed by atoms with Crippen molar-refractivity contribution in [1.29, 1.82) is 0 Å². The number of carbonyl (C=O) groups excluding carboxylic acids is 2. The lowest BCUT2D eigenvalue weighted by Crippen LogP contribution is -3.00. The van der Waals surface area contributed by atoms with E-state index in [1.54, 1.807) is 23.2 Å². The molecular weight excluding hydrogens is 561 g/mol. The smallest absolute Gasteiger partial charge is 0.416 e. The highest BCUT2D eigenvalue weighted by Gasteiger charge is 2.30. The Morgan fingerprint density at radius 3 is 2.42 bits per heavy atom. The zero-order valence-corrected chi connectivity index (χ0v) is 21.5. The molecule has 0 atom stereocenters. The van der Waals surface area contributed by atoms with Crippen molar-refractivity contribution < 1.29 is 44.3 Å². The Balaban J connectivity index is 0.00000336. The number of imidazole rings is 1. The van der Waals surface area contributed by atoms with Crippen molar-refractivity contribution in [2.45, 2.75) is 25.7 Å². The number of Topliss-reactive ketones (excluding diaryl/α,β-unsaturated/α-hetero) is 1. The number of nitrogens with one attached hydrogen (secondary N) is 1. The molecule has 0 spiro atoms. The van der Waals surface area contributed by atoms with E-state index in [0.29, 0.717) is 17.7 Å². The van der Waals surface area contributed by atoms with Gasteiger partial charge in [0.15, 0.2) is 17.6 Å². The molecule has 0 bridgehead atoms. The van der Waals surface area contributed by atoms with Crippen molar-refractivity contribution in [3.8, 4) is 0 Å². The lowest BCUT2D eigenvalue weighted by Gasteiger charge is -2.07. The number of rotatable bonds is 7. The topological polar surface area (TPSA) is 67.9 Å². The van der Waals surface area contributed by atoms with Gasteiger partial charge in [0.2, 0.25) is 18.0 Å². The first-order chi connectivity index (χ1) is 17.8. The van der Waals surface area contributed by atoms with Crippen LogP contribution < -0.4 is 26.9 Å². The molecule has 5 rings (SSSR count). The summed E-state index contributed by atoms with van der Waals surface area (Å²) in [5, 5.41) is 3.85. The summed E-state index contributed by atoms with van der Waals surface area (Å²) >= 11 is 0. The van der Waals surface area contributed by atoms with Crippen LogP contribution in [0.15, 0.2) is 91.4 Å². The van der Waals surface area contributed by atoms with Gasteiger partial charge in [-0.3, -0.25) is 14.6 Å². The Bertz CT molecular complexity index is 1610. The number of nitrogens with zero attached hydrogens (tertiary/aromatic N) is 3. The van der Waals surface area contributed by atoms with E-state index in [1.165, 1.54) is 12.1 Å². The Hall–Kier alpha value is -4.05. The van der Waals surface area contributed by atoms with E-state index in [4.69, 9.17) is 0 Å². The lowest BCUT2D eigenvalue weighted by molar-refractivity contribution is -0.657. The average molecular weight is 583 g/mol. The van der Waals surface area contributed by atoms with Crippen molar-refractivity contribution in [3.05, 3.63) is 103 Å². The molecule has 0 saturated carbocycles.